The highest BCUT2D eigenvalue weighted by Crippen LogP contribution is 2.29. The van der Waals surface area contributed by atoms with Crippen molar-refractivity contribution in [2.45, 2.75) is 57.8 Å². The molecular weight excluding hydrogens is 408 g/mol. The molecule has 0 spiro atoms. The van der Waals surface area contributed by atoms with Crippen LogP contribution < -0.4 is 9.47 Å². The number of nitrogens with zero attached hydrogens (tertiary/aromatic N) is 2. The van der Waals surface area contributed by atoms with E-state index >= 15 is 0 Å². The van der Waals surface area contributed by atoms with Gasteiger partial charge in [-0.25, -0.2) is 0 Å². The van der Waals surface area contributed by atoms with E-state index in [1.807, 2.05) is 20.0 Å². The van der Waals surface area contributed by atoms with Crippen LogP contribution in [0.5, 0.6) is 11.5 Å². The largest absolute Gasteiger partial charge is 0.490 e. The fourth-order valence-electron chi connectivity index (χ4n) is 4.42. The van der Waals surface area contributed by atoms with Crippen molar-refractivity contribution in [3.8, 4) is 11.5 Å². The van der Waals surface area contributed by atoms with Crippen LogP contribution in [0.15, 0.2) is 18.2 Å². The molecule has 0 amide bonds. The Balaban J connectivity index is 1.43. The first-order valence-electron chi connectivity index (χ1n) is 12.3. The quantitative estimate of drug-likeness (QED) is 0.496. The van der Waals surface area contributed by atoms with E-state index in [4.69, 9.17) is 18.9 Å². The van der Waals surface area contributed by atoms with Gasteiger partial charge in [-0.15, -0.1) is 0 Å². The van der Waals surface area contributed by atoms with Crippen LogP contribution >= 0.6 is 0 Å². The molecule has 7 nitrogen and oxygen atoms in total. The van der Waals surface area contributed by atoms with Crippen LogP contribution in [0, 0.1) is 0 Å². The van der Waals surface area contributed by atoms with Gasteiger partial charge in [-0.1, -0.05) is 25.3 Å². The fraction of sp³-hybridized carbons (Fsp3) is 0.760. The number of hydrogen-bond donors (Lipinski definition) is 1. The van der Waals surface area contributed by atoms with Crippen molar-refractivity contribution in [2.75, 3.05) is 66.3 Å². The minimum absolute atomic E-state index is 0.327. The Morgan fingerprint density at radius 1 is 1.12 bits per heavy atom. The summed E-state index contributed by atoms with van der Waals surface area (Å²) < 4.78 is 23.2. The number of rotatable bonds is 13. The van der Waals surface area contributed by atoms with E-state index in [9.17, 15) is 5.11 Å². The van der Waals surface area contributed by atoms with Gasteiger partial charge < -0.3 is 24.1 Å². The van der Waals surface area contributed by atoms with Crippen LogP contribution in [0.3, 0.4) is 0 Å². The standard InChI is InChI=1S/C25H42N2O5/c1-3-30-25-17-21(9-10-24(25)31-16-13-27-11-14-29-15-12-27)18-26(2)19-22(28)20-32-23-7-5-4-6-8-23/h9-10,17,22-23,28H,3-8,11-16,18-20H2,1-2H3/t22-/m1/s1. The summed E-state index contributed by atoms with van der Waals surface area (Å²) in [5.41, 5.74) is 1.14. The predicted molar refractivity (Wildman–Crippen MR) is 126 cm³/mol. The highest BCUT2D eigenvalue weighted by molar-refractivity contribution is 5.43. The van der Waals surface area contributed by atoms with Crippen LogP contribution in [-0.4, -0.2) is 93.4 Å². The smallest absolute Gasteiger partial charge is 0.161 e. The summed E-state index contributed by atoms with van der Waals surface area (Å²) in [6.45, 7) is 9.34. The topological polar surface area (TPSA) is 63.6 Å². The zero-order chi connectivity index (χ0) is 22.6. The van der Waals surface area contributed by atoms with Crippen LogP contribution in [0.1, 0.15) is 44.6 Å². The number of aliphatic hydroxyl groups excluding tert-OH is 1. The molecule has 32 heavy (non-hydrogen) atoms. The van der Waals surface area contributed by atoms with Gasteiger partial charge in [-0.3, -0.25) is 9.80 Å². The highest BCUT2D eigenvalue weighted by Gasteiger charge is 2.17. The maximum absolute atomic E-state index is 10.4. The third kappa shape index (κ3) is 8.87. The molecule has 0 bridgehead atoms. The minimum atomic E-state index is -0.476. The van der Waals surface area contributed by atoms with Gasteiger partial charge in [0.25, 0.3) is 0 Å². The molecule has 1 N–H and O–H groups in total. The van der Waals surface area contributed by atoms with Gasteiger partial charge in [-0.2, -0.15) is 0 Å². The van der Waals surface area contributed by atoms with E-state index in [0.29, 0.717) is 32.5 Å². The Hall–Kier alpha value is -1.38. The van der Waals surface area contributed by atoms with Gasteiger partial charge in [0, 0.05) is 32.7 Å². The lowest BCUT2D eigenvalue weighted by atomic mass is 9.98. The molecule has 2 fully saturated rings. The Kier molecular flexibility index (Phi) is 11.1. The van der Waals surface area contributed by atoms with Crippen molar-refractivity contribution in [3.63, 3.8) is 0 Å². The summed E-state index contributed by atoms with van der Waals surface area (Å²) >= 11 is 0. The van der Waals surface area contributed by atoms with E-state index in [0.717, 1.165) is 69.3 Å². The van der Waals surface area contributed by atoms with E-state index in [2.05, 4.69) is 21.9 Å². The van der Waals surface area contributed by atoms with Crippen LogP contribution in [-0.2, 0) is 16.0 Å². The van der Waals surface area contributed by atoms with Gasteiger partial charge >= 0.3 is 0 Å². The second kappa shape index (κ2) is 14.0. The number of aliphatic hydroxyl groups is 1. The molecule has 0 radical (unpaired) electrons. The van der Waals surface area contributed by atoms with Crippen LogP contribution in [0.4, 0.5) is 0 Å². The molecule has 1 atom stereocenters. The molecule has 0 unspecified atom stereocenters. The van der Waals surface area contributed by atoms with E-state index in [1.54, 1.807) is 0 Å². The first-order chi connectivity index (χ1) is 15.6. The molecule has 3 rings (SSSR count). The highest BCUT2D eigenvalue weighted by atomic mass is 16.5. The van der Waals surface area contributed by atoms with Crippen LogP contribution in [0.2, 0.25) is 0 Å². The van der Waals surface area contributed by atoms with Gasteiger partial charge in [0.15, 0.2) is 11.5 Å². The monoisotopic (exact) mass is 450 g/mol. The summed E-state index contributed by atoms with van der Waals surface area (Å²) in [5.74, 6) is 1.56. The summed E-state index contributed by atoms with van der Waals surface area (Å²) in [6, 6.07) is 6.12. The van der Waals surface area contributed by atoms with Crippen molar-refractivity contribution in [1.82, 2.24) is 9.80 Å². The zero-order valence-electron chi connectivity index (χ0n) is 20.0. The lowest BCUT2D eigenvalue weighted by Crippen LogP contribution is -2.38. The summed E-state index contributed by atoms with van der Waals surface area (Å²) in [6.07, 6.45) is 5.91. The van der Waals surface area contributed by atoms with E-state index in [-0.39, 0.29) is 0 Å². The lowest BCUT2D eigenvalue weighted by molar-refractivity contribution is -0.0319. The van der Waals surface area contributed by atoms with Crippen molar-refractivity contribution < 1.29 is 24.1 Å². The molecule has 1 heterocycles. The Bertz CT molecular complexity index is 647. The molecule has 1 aliphatic heterocycles. The van der Waals surface area contributed by atoms with E-state index in [1.165, 1.54) is 19.3 Å². The number of ether oxygens (including phenoxy) is 4. The SMILES string of the molecule is CCOc1cc(CN(C)C[C@@H](O)COC2CCCCC2)ccc1OCCN1CCOCC1. The van der Waals surface area contributed by atoms with Gasteiger partial charge in [0.2, 0.25) is 0 Å². The number of likely N-dealkylation sites (N-methyl/N-ethyl adjacent to an activating group) is 1. The molecule has 2 aliphatic rings. The van der Waals surface area contributed by atoms with Gasteiger partial charge in [0.1, 0.15) is 6.61 Å². The van der Waals surface area contributed by atoms with Gasteiger partial charge in [-0.05, 0) is 44.5 Å². The molecule has 0 aromatic heterocycles. The molecule has 1 aromatic carbocycles. The average Bonchev–Trinajstić information content (AvgIpc) is 2.80. The Morgan fingerprint density at radius 2 is 1.91 bits per heavy atom. The number of morpholine rings is 1. The third-order valence-corrected chi connectivity index (χ3v) is 6.13. The molecule has 1 aliphatic carbocycles. The molecule has 182 valence electrons. The second-order valence-electron chi connectivity index (χ2n) is 8.96. The zero-order valence-corrected chi connectivity index (χ0v) is 20.0. The normalized spacial score (nSPS) is 19.2. The van der Waals surface area contributed by atoms with Crippen LogP contribution in [0.25, 0.3) is 0 Å². The summed E-state index contributed by atoms with van der Waals surface area (Å²) in [4.78, 5) is 4.48. The summed E-state index contributed by atoms with van der Waals surface area (Å²) in [7, 11) is 2.02. The fourth-order valence-corrected chi connectivity index (χ4v) is 4.42. The number of benzene rings is 1. The van der Waals surface area contributed by atoms with Crippen molar-refractivity contribution in [2.24, 2.45) is 0 Å². The molecule has 7 heteroatoms. The molecule has 1 saturated heterocycles. The lowest BCUT2D eigenvalue weighted by Gasteiger charge is -2.26. The average molecular weight is 451 g/mol. The Labute approximate surface area is 193 Å². The molecular formula is C25H42N2O5. The van der Waals surface area contributed by atoms with Crippen molar-refractivity contribution in [3.05, 3.63) is 23.8 Å². The second-order valence-corrected chi connectivity index (χ2v) is 8.96. The Morgan fingerprint density at radius 3 is 2.66 bits per heavy atom. The third-order valence-electron chi connectivity index (χ3n) is 6.13. The maximum atomic E-state index is 10.4. The minimum Gasteiger partial charge on any atom is -0.490 e. The van der Waals surface area contributed by atoms with Gasteiger partial charge in [0.05, 0.1) is 38.6 Å². The molecule has 1 aromatic rings. The molecule has 1 saturated carbocycles. The van der Waals surface area contributed by atoms with Crippen molar-refractivity contribution >= 4 is 0 Å². The summed E-state index contributed by atoms with van der Waals surface area (Å²) in [5, 5.41) is 10.4. The predicted octanol–water partition coefficient (Wildman–Crippen LogP) is 2.94. The van der Waals surface area contributed by atoms with E-state index < -0.39 is 6.10 Å². The number of hydrogen-bond acceptors (Lipinski definition) is 7. The first-order valence-corrected chi connectivity index (χ1v) is 12.3. The van der Waals surface area contributed by atoms with Crippen molar-refractivity contribution in [1.29, 1.82) is 0 Å². The maximum Gasteiger partial charge on any atom is 0.161 e. The first kappa shape index (κ1) is 25.2.